The minimum absolute atomic E-state index is 0.333. The minimum Gasteiger partial charge on any atom is -0.214 e. The van der Waals surface area contributed by atoms with Gasteiger partial charge in [-0.05, 0) is 24.6 Å². The van der Waals surface area contributed by atoms with Gasteiger partial charge in [0.25, 0.3) is 5.82 Å². The highest BCUT2D eigenvalue weighted by atomic mass is 19.4. The first kappa shape index (κ1) is 17.3. The predicted octanol–water partition coefficient (Wildman–Crippen LogP) is 4.41. The third-order valence-electron chi connectivity index (χ3n) is 4.03. The van der Waals surface area contributed by atoms with E-state index in [1.165, 1.54) is 6.20 Å². The van der Waals surface area contributed by atoms with Gasteiger partial charge in [0, 0.05) is 5.39 Å². The summed E-state index contributed by atoms with van der Waals surface area (Å²) in [6.45, 7) is 1.66. The highest BCUT2D eigenvalue weighted by Gasteiger charge is 2.40. The van der Waals surface area contributed by atoms with Crippen molar-refractivity contribution in [1.82, 2.24) is 24.4 Å². The Morgan fingerprint density at radius 3 is 2.33 bits per heavy atom. The maximum absolute atomic E-state index is 13.6. The molecule has 0 saturated carbocycles. The average Bonchev–Trinajstić information content (AvgIpc) is 3.17. The zero-order valence-corrected chi connectivity index (χ0v) is 13.5. The van der Waals surface area contributed by atoms with Crippen LogP contribution in [-0.2, 0) is 12.4 Å². The van der Waals surface area contributed by atoms with Gasteiger partial charge < -0.3 is 0 Å². The van der Waals surface area contributed by atoms with Gasteiger partial charge >= 0.3 is 12.4 Å². The number of halogens is 6. The van der Waals surface area contributed by atoms with Gasteiger partial charge in [-0.15, -0.1) is 5.10 Å². The van der Waals surface area contributed by atoms with Crippen molar-refractivity contribution in [1.29, 1.82) is 0 Å². The van der Waals surface area contributed by atoms with Crippen molar-refractivity contribution in [2.24, 2.45) is 0 Å². The largest absolute Gasteiger partial charge is 0.453 e. The highest BCUT2D eigenvalue weighted by Crippen LogP contribution is 2.36. The van der Waals surface area contributed by atoms with Crippen LogP contribution in [0.2, 0.25) is 0 Å². The van der Waals surface area contributed by atoms with E-state index in [-0.39, 0.29) is 5.65 Å². The first-order valence-corrected chi connectivity index (χ1v) is 7.55. The van der Waals surface area contributed by atoms with Crippen LogP contribution in [-0.4, -0.2) is 24.4 Å². The Kier molecular flexibility index (Phi) is 3.49. The van der Waals surface area contributed by atoms with E-state index in [1.807, 2.05) is 0 Å². The van der Waals surface area contributed by atoms with E-state index in [0.717, 1.165) is 10.7 Å². The Morgan fingerprint density at radius 1 is 0.926 bits per heavy atom. The second-order valence-electron chi connectivity index (χ2n) is 5.84. The van der Waals surface area contributed by atoms with Crippen molar-refractivity contribution in [3.05, 3.63) is 53.5 Å². The molecule has 140 valence electrons. The molecule has 0 amide bonds. The lowest BCUT2D eigenvalue weighted by Gasteiger charge is -2.15. The first-order chi connectivity index (χ1) is 12.6. The Hall–Kier alpha value is -3.11. The zero-order chi connectivity index (χ0) is 19.6. The summed E-state index contributed by atoms with van der Waals surface area (Å²) in [7, 11) is 0. The molecule has 4 rings (SSSR count). The molecule has 0 atom stereocenters. The molecule has 0 radical (unpaired) electrons. The summed E-state index contributed by atoms with van der Waals surface area (Å²) >= 11 is 0. The number of hydrogen-bond acceptors (Lipinski definition) is 3. The molecule has 0 spiro atoms. The summed E-state index contributed by atoms with van der Waals surface area (Å²) in [5, 5.41) is 7.78. The van der Waals surface area contributed by atoms with Crippen LogP contribution < -0.4 is 0 Å². The van der Waals surface area contributed by atoms with Gasteiger partial charge in [0.15, 0.2) is 11.5 Å². The van der Waals surface area contributed by atoms with Crippen LogP contribution in [0.5, 0.6) is 0 Å². The van der Waals surface area contributed by atoms with Gasteiger partial charge in [-0.1, -0.05) is 18.2 Å². The number of hydrogen-bond donors (Lipinski definition) is 0. The van der Waals surface area contributed by atoms with Crippen LogP contribution in [0.25, 0.3) is 22.4 Å². The summed E-state index contributed by atoms with van der Waals surface area (Å²) in [6, 6.07) is 6.52. The highest BCUT2D eigenvalue weighted by molar-refractivity contribution is 5.83. The van der Waals surface area contributed by atoms with Crippen molar-refractivity contribution < 1.29 is 26.3 Å². The van der Waals surface area contributed by atoms with Gasteiger partial charge in [-0.2, -0.15) is 36.0 Å². The Morgan fingerprint density at radius 2 is 1.67 bits per heavy atom. The maximum atomic E-state index is 13.6. The number of pyridine rings is 1. The van der Waals surface area contributed by atoms with Crippen LogP contribution in [0.1, 0.15) is 17.0 Å². The molecule has 5 nitrogen and oxygen atoms in total. The van der Waals surface area contributed by atoms with Crippen LogP contribution in [0.15, 0.2) is 36.5 Å². The molecule has 0 aliphatic carbocycles. The molecule has 3 aromatic heterocycles. The van der Waals surface area contributed by atoms with Crippen molar-refractivity contribution in [3.63, 3.8) is 0 Å². The van der Waals surface area contributed by atoms with E-state index in [0.29, 0.717) is 27.0 Å². The molecule has 0 bridgehead atoms. The van der Waals surface area contributed by atoms with Crippen LogP contribution in [0.3, 0.4) is 0 Å². The Balaban J connectivity index is 2.14. The third kappa shape index (κ3) is 2.69. The second-order valence-corrected chi connectivity index (χ2v) is 5.84. The molecule has 4 aromatic rings. The summed E-state index contributed by atoms with van der Waals surface area (Å²) < 4.78 is 81.1. The fraction of sp³-hybridized carbons (Fsp3) is 0.188. The van der Waals surface area contributed by atoms with E-state index >= 15 is 0 Å². The molecule has 0 saturated heterocycles. The molecule has 11 heteroatoms. The molecule has 1 aromatic carbocycles. The monoisotopic (exact) mass is 385 g/mol. The van der Waals surface area contributed by atoms with E-state index in [9.17, 15) is 26.3 Å². The average molecular weight is 385 g/mol. The number of aromatic nitrogens is 5. The molecule has 0 unspecified atom stereocenters. The standard InChI is InChI=1S/C16H9F6N5/c1-8-3-2-4-9-7-23-27(12(8)9)13-10(15(17,18)19)5-6-11-24-14(16(20,21)22)25-26(11)13/h2-7H,1H3. The molecule has 0 N–H and O–H groups in total. The van der Waals surface area contributed by atoms with Crippen molar-refractivity contribution >= 4 is 16.6 Å². The minimum atomic E-state index is -4.90. The molecule has 27 heavy (non-hydrogen) atoms. The summed E-state index contributed by atoms with van der Waals surface area (Å²) in [4.78, 5) is 3.30. The quantitative estimate of drug-likeness (QED) is 0.456. The molecule has 0 aliphatic rings. The molecular weight excluding hydrogens is 376 g/mol. The van der Waals surface area contributed by atoms with Crippen LogP contribution in [0.4, 0.5) is 26.3 Å². The maximum Gasteiger partial charge on any atom is 0.453 e. The van der Waals surface area contributed by atoms with Crippen molar-refractivity contribution in [3.8, 4) is 5.82 Å². The van der Waals surface area contributed by atoms with Crippen molar-refractivity contribution in [2.45, 2.75) is 19.3 Å². The lowest BCUT2D eigenvalue weighted by Crippen LogP contribution is -2.16. The predicted molar refractivity (Wildman–Crippen MR) is 82.4 cm³/mol. The summed E-state index contributed by atoms with van der Waals surface area (Å²) in [6.07, 6.45) is -8.40. The fourth-order valence-electron chi connectivity index (χ4n) is 2.89. The summed E-state index contributed by atoms with van der Waals surface area (Å²) in [5.74, 6) is -2.19. The van der Waals surface area contributed by atoms with Crippen molar-refractivity contribution in [2.75, 3.05) is 0 Å². The lowest BCUT2D eigenvalue weighted by molar-refractivity contribution is -0.144. The Labute approximate surface area is 146 Å². The number of aryl methyl sites for hydroxylation is 1. The molecule has 0 fully saturated rings. The molecular formula is C16H9F6N5. The van der Waals surface area contributed by atoms with E-state index in [4.69, 9.17) is 0 Å². The molecule has 3 heterocycles. The zero-order valence-electron chi connectivity index (χ0n) is 13.5. The number of alkyl halides is 6. The number of para-hydroxylation sites is 1. The third-order valence-corrected chi connectivity index (χ3v) is 4.03. The number of rotatable bonds is 1. The fourth-order valence-corrected chi connectivity index (χ4v) is 2.89. The van der Waals surface area contributed by atoms with E-state index in [1.54, 1.807) is 25.1 Å². The van der Waals surface area contributed by atoms with E-state index in [2.05, 4.69) is 15.2 Å². The number of nitrogens with zero attached hydrogens (tertiary/aromatic N) is 5. The second kappa shape index (κ2) is 5.44. The smallest absolute Gasteiger partial charge is 0.214 e. The lowest BCUT2D eigenvalue weighted by atomic mass is 10.1. The number of fused-ring (bicyclic) bond motifs is 2. The SMILES string of the molecule is Cc1cccc2cnn(-c3c(C(F)(F)F)ccc4nc(C(F)(F)F)nn34)c12. The van der Waals surface area contributed by atoms with Gasteiger partial charge in [-0.3, -0.25) is 0 Å². The normalized spacial score (nSPS) is 13.0. The number of benzene rings is 1. The van der Waals surface area contributed by atoms with Gasteiger partial charge in [-0.25, -0.2) is 9.67 Å². The van der Waals surface area contributed by atoms with Gasteiger partial charge in [0.05, 0.1) is 11.7 Å². The topological polar surface area (TPSA) is 48.0 Å². The summed E-state index contributed by atoms with van der Waals surface area (Å²) in [5.41, 5.74) is -0.615. The van der Waals surface area contributed by atoms with Crippen LogP contribution >= 0.6 is 0 Å². The first-order valence-electron chi connectivity index (χ1n) is 7.55. The van der Waals surface area contributed by atoms with Gasteiger partial charge in [0.1, 0.15) is 5.56 Å². The van der Waals surface area contributed by atoms with Crippen LogP contribution in [0, 0.1) is 6.92 Å². The molecule has 0 aliphatic heterocycles. The van der Waals surface area contributed by atoms with Gasteiger partial charge in [0.2, 0.25) is 0 Å². The van der Waals surface area contributed by atoms with E-state index < -0.39 is 29.6 Å². The Bertz CT molecular complexity index is 1170.